The van der Waals surface area contributed by atoms with Crippen molar-refractivity contribution in [2.24, 2.45) is 5.41 Å². The average Bonchev–Trinajstić information content (AvgIpc) is 2.80. The van der Waals surface area contributed by atoms with Crippen molar-refractivity contribution in [3.8, 4) is 0 Å². The van der Waals surface area contributed by atoms with Gasteiger partial charge in [-0.2, -0.15) is 0 Å². The average molecular weight is 407 g/mol. The molecular weight excluding hydrogens is 368 g/mol. The Morgan fingerprint density at radius 2 is 1.70 bits per heavy atom. The van der Waals surface area contributed by atoms with Gasteiger partial charge in [0.2, 0.25) is 0 Å². The number of aliphatic hydroxyl groups excluding tert-OH is 1. The molecule has 2 heterocycles. The highest BCUT2D eigenvalue weighted by molar-refractivity contribution is 5.27. The molecule has 2 aromatic rings. The number of piperidine rings is 2. The van der Waals surface area contributed by atoms with Crippen LogP contribution in [0.5, 0.6) is 0 Å². The van der Waals surface area contributed by atoms with Crippen molar-refractivity contribution in [2.75, 3.05) is 39.3 Å². The van der Waals surface area contributed by atoms with Crippen LogP contribution in [0, 0.1) is 12.3 Å². The van der Waals surface area contributed by atoms with E-state index in [1.807, 2.05) is 0 Å². The normalized spacial score (nSPS) is 24.2. The third kappa shape index (κ3) is 5.32. The van der Waals surface area contributed by atoms with Crippen molar-refractivity contribution in [1.29, 1.82) is 0 Å². The summed E-state index contributed by atoms with van der Waals surface area (Å²) in [6, 6.07) is 20.2. The SMILES string of the molecule is Cc1ccccc1CC1(CO)CCCN(C2CCN(CCc3ccccc3)CC2)C1. The first kappa shape index (κ1) is 21.5. The molecule has 1 N–H and O–H groups in total. The highest BCUT2D eigenvalue weighted by Crippen LogP contribution is 2.36. The fourth-order valence-corrected chi connectivity index (χ4v) is 5.54. The van der Waals surface area contributed by atoms with Crippen LogP contribution in [0.2, 0.25) is 0 Å². The van der Waals surface area contributed by atoms with Gasteiger partial charge in [0.15, 0.2) is 0 Å². The summed E-state index contributed by atoms with van der Waals surface area (Å²) in [6.07, 6.45) is 7.04. The minimum Gasteiger partial charge on any atom is -0.396 e. The van der Waals surface area contributed by atoms with Gasteiger partial charge in [0, 0.05) is 24.5 Å². The summed E-state index contributed by atoms with van der Waals surface area (Å²) in [5.74, 6) is 0. The smallest absolute Gasteiger partial charge is 0.0502 e. The van der Waals surface area contributed by atoms with Crippen LogP contribution in [-0.2, 0) is 12.8 Å². The van der Waals surface area contributed by atoms with Crippen LogP contribution in [0.1, 0.15) is 42.4 Å². The molecule has 2 fully saturated rings. The first-order chi connectivity index (χ1) is 14.7. The van der Waals surface area contributed by atoms with Crippen molar-refractivity contribution < 1.29 is 5.11 Å². The minimum absolute atomic E-state index is 0.0226. The molecule has 3 heteroatoms. The highest BCUT2D eigenvalue weighted by Gasteiger charge is 2.38. The second-order valence-electron chi connectivity index (χ2n) is 9.64. The van der Waals surface area contributed by atoms with Crippen LogP contribution < -0.4 is 0 Å². The largest absolute Gasteiger partial charge is 0.396 e. The van der Waals surface area contributed by atoms with Gasteiger partial charge in [-0.05, 0) is 81.8 Å². The summed E-state index contributed by atoms with van der Waals surface area (Å²) in [5, 5.41) is 10.4. The predicted octanol–water partition coefficient (Wildman–Crippen LogP) is 4.32. The summed E-state index contributed by atoms with van der Waals surface area (Å²) in [7, 11) is 0. The van der Waals surface area contributed by atoms with Gasteiger partial charge in [-0.15, -0.1) is 0 Å². The molecule has 2 aromatic carbocycles. The Balaban J connectivity index is 1.31. The quantitative estimate of drug-likeness (QED) is 0.742. The molecule has 2 aliphatic rings. The zero-order valence-electron chi connectivity index (χ0n) is 18.6. The second-order valence-corrected chi connectivity index (χ2v) is 9.64. The van der Waals surface area contributed by atoms with Crippen molar-refractivity contribution >= 4 is 0 Å². The standard InChI is InChI=1S/C27H38N2O/c1-23-8-5-6-11-25(23)20-27(22-30)15-7-16-29(21-27)26-13-18-28(19-14-26)17-12-24-9-3-2-4-10-24/h2-6,8-11,26,30H,7,12-22H2,1H3. The van der Waals surface area contributed by atoms with E-state index in [0.29, 0.717) is 12.6 Å². The van der Waals surface area contributed by atoms with Crippen LogP contribution in [0.25, 0.3) is 0 Å². The fraction of sp³-hybridized carbons (Fsp3) is 0.556. The Kier molecular flexibility index (Phi) is 7.24. The molecule has 1 atom stereocenters. The number of likely N-dealkylation sites (tertiary alicyclic amines) is 2. The third-order valence-corrected chi connectivity index (χ3v) is 7.49. The van der Waals surface area contributed by atoms with E-state index in [1.165, 1.54) is 62.1 Å². The molecular formula is C27H38N2O. The maximum absolute atomic E-state index is 10.4. The van der Waals surface area contributed by atoms with Crippen molar-refractivity contribution in [3.63, 3.8) is 0 Å². The number of rotatable bonds is 7. The van der Waals surface area contributed by atoms with Crippen LogP contribution >= 0.6 is 0 Å². The summed E-state index contributed by atoms with van der Waals surface area (Å²) >= 11 is 0. The van der Waals surface area contributed by atoms with Crippen LogP contribution in [0.3, 0.4) is 0 Å². The van der Waals surface area contributed by atoms with E-state index >= 15 is 0 Å². The number of aliphatic hydroxyl groups is 1. The molecule has 2 aliphatic heterocycles. The highest BCUT2D eigenvalue weighted by atomic mass is 16.3. The van der Waals surface area contributed by atoms with E-state index in [9.17, 15) is 5.11 Å². The molecule has 2 saturated heterocycles. The van der Waals surface area contributed by atoms with E-state index in [0.717, 1.165) is 25.8 Å². The van der Waals surface area contributed by atoms with Crippen LogP contribution in [-0.4, -0.2) is 60.3 Å². The van der Waals surface area contributed by atoms with E-state index in [1.54, 1.807) is 0 Å². The molecule has 0 aromatic heterocycles. The van der Waals surface area contributed by atoms with E-state index < -0.39 is 0 Å². The van der Waals surface area contributed by atoms with Crippen molar-refractivity contribution in [1.82, 2.24) is 9.80 Å². The molecule has 30 heavy (non-hydrogen) atoms. The first-order valence-corrected chi connectivity index (χ1v) is 11.8. The molecule has 0 saturated carbocycles. The Morgan fingerprint density at radius 3 is 2.43 bits per heavy atom. The summed E-state index contributed by atoms with van der Waals surface area (Å²) in [4.78, 5) is 5.35. The van der Waals surface area contributed by atoms with Gasteiger partial charge in [0.25, 0.3) is 0 Å². The fourth-order valence-electron chi connectivity index (χ4n) is 5.54. The molecule has 0 spiro atoms. The Morgan fingerprint density at radius 1 is 0.967 bits per heavy atom. The lowest BCUT2D eigenvalue weighted by Crippen LogP contribution is -2.53. The van der Waals surface area contributed by atoms with Gasteiger partial charge in [-0.25, -0.2) is 0 Å². The zero-order valence-corrected chi connectivity index (χ0v) is 18.6. The van der Waals surface area contributed by atoms with Crippen molar-refractivity contribution in [2.45, 2.75) is 51.5 Å². The molecule has 4 rings (SSSR count). The molecule has 0 radical (unpaired) electrons. The summed E-state index contributed by atoms with van der Waals surface area (Å²) in [5.41, 5.74) is 4.23. The Labute approximate surface area is 182 Å². The van der Waals surface area contributed by atoms with Crippen molar-refractivity contribution in [3.05, 3.63) is 71.3 Å². The zero-order chi connectivity index (χ0) is 20.8. The summed E-state index contributed by atoms with van der Waals surface area (Å²) < 4.78 is 0. The number of hydrogen-bond acceptors (Lipinski definition) is 3. The minimum atomic E-state index is 0.0226. The van der Waals surface area contributed by atoms with E-state index in [2.05, 4.69) is 71.3 Å². The summed E-state index contributed by atoms with van der Waals surface area (Å²) in [6.45, 7) is 8.33. The van der Waals surface area contributed by atoms with Gasteiger partial charge < -0.3 is 10.0 Å². The molecule has 1 unspecified atom stereocenters. The van der Waals surface area contributed by atoms with E-state index in [4.69, 9.17) is 0 Å². The van der Waals surface area contributed by atoms with Crippen LogP contribution in [0.15, 0.2) is 54.6 Å². The van der Waals surface area contributed by atoms with Gasteiger partial charge in [0.1, 0.15) is 0 Å². The lowest BCUT2D eigenvalue weighted by atomic mass is 9.74. The second kappa shape index (κ2) is 10.1. The molecule has 0 amide bonds. The first-order valence-electron chi connectivity index (χ1n) is 11.8. The third-order valence-electron chi connectivity index (χ3n) is 7.49. The molecule has 0 bridgehead atoms. The monoisotopic (exact) mass is 406 g/mol. The molecule has 3 nitrogen and oxygen atoms in total. The Hall–Kier alpha value is -1.68. The maximum atomic E-state index is 10.4. The maximum Gasteiger partial charge on any atom is 0.0502 e. The lowest BCUT2D eigenvalue weighted by Gasteiger charge is -2.47. The number of nitrogens with zero attached hydrogens (tertiary/aromatic N) is 2. The molecule has 162 valence electrons. The van der Waals surface area contributed by atoms with Crippen LogP contribution in [0.4, 0.5) is 0 Å². The van der Waals surface area contributed by atoms with Gasteiger partial charge in [-0.3, -0.25) is 4.90 Å². The number of aryl methyl sites for hydroxylation is 1. The van der Waals surface area contributed by atoms with E-state index in [-0.39, 0.29) is 5.41 Å². The topological polar surface area (TPSA) is 26.7 Å². The van der Waals surface area contributed by atoms with Gasteiger partial charge >= 0.3 is 0 Å². The lowest BCUT2D eigenvalue weighted by molar-refractivity contribution is -0.00273. The predicted molar refractivity (Wildman–Crippen MR) is 125 cm³/mol. The van der Waals surface area contributed by atoms with Gasteiger partial charge in [0.05, 0.1) is 6.61 Å². The Bertz CT molecular complexity index is 784. The molecule has 0 aliphatic carbocycles. The number of hydrogen-bond donors (Lipinski definition) is 1. The van der Waals surface area contributed by atoms with Gasteiger partial charge in [-0.1, -0.05) is 54.6 Å². The number of benzene rings is 2.